The Morgan fingerprint density at radius 3 is 2.34 bits per heavy atom. The Bertz CT molecular complexity index is 1580. The zero-order valence-corrected chi connectivity index (χ0v) is 21.0. The molecule has 1 spiro atoms. The maximum atomic E-state index is 13.5. The molecular formula is C25H22ClF3N4O5. The molecule has 0 saturated carbocycles. The number of carbonyl (C=O) groups is 1. The first kappa shape index (κ1) is 25.9. The number of hydrogen-bond donors (Lipinski definition) is 1. The van der Waals surface area contributed by atoms with Crippen LogP contribution in [0.3, 0.4) is 0 Å². The standard InChI is InChI=1S/C25H22ClF3N4O5/c1-3-32-18-9-8-15(10-19(18)33(4-2)24(32)13-38-24)30-12-16(22(35)36)21(34)31(23(30)37)11-14-6-5-7-17(20(14)26)25(27,28)29/h5-10,12H,3-4,11,13H2,1-2H3,(H,35,36). The highest BCUT2D eigenvalue weighted by molar-refractivity contribution is 6.32. The van der Waals surface area contributed by atoms with Crippen molar-refractivity contribution in [1.82, 2.24) is 9.13 Å². The van der Waals surface area contributed by atoms with Crippen molar-refractivity contribution in [1.29, 1.82) is 0 Å². The fraction of sp³-hybridized carbons (Fsp3) is 0.320. The van der Waals surface area contributed by atoms with Crippen molar-refractivity contribution in [2.24, 2.45) is 0 Å². The molecule has 9 nitrogen and oxygen atoms in total. The smallest absolute Gasteiger partial charge is 0.417 e. The van der Waals surface area contributed by atoms with Crippen molar-refractivity contribution in [2.75, 3.05) is 29.5 Å². The van der Waals surface area contributed by atoms with Crippen LogP contribution in [0.15, 0.2) is 52.2 Å². The second kappa shape index (κ2) is 8.91. The number of carboxylic acids is 1. The summed E-state index contributed by atoms with van der Waals surface area (Å²) in [5, 5.41) is 8.99. The number of aromatic nitrogens is 2. The molecule has 0 amide bonds. The van der Waals surface area contributed by atoms with E-state index in [1.54, 1.807) is 18.2 Å². The molecule has 38 heavy (non-hydrogen) atoms. The molecule has 1 saturated heterocycles. The van der Waals surface area contributed by atoms with E-state index in [0.29, 0.717) is 24.3 Å². The molecule has 1 aromatic heterocycles. The van der Waals surface area contributed by atoms with E-state index in [1.807, 2.05) is 18.7 Å². The highest BCUT2D eigenvalue weighted by atomic mass is 35.5. The molecule has 1 fully saturated rings. The lowest BCUT2D eigenvalue weighted by Crippen LogP contribution is -2.47. The van der Waals surface area contributed by atoms with Crippen molar-refractivity contribution >= 4 is 28.9 Å². The molecule has 13 heteroatoms. The summed E-state index contributed by atoms with van der Waals surface area (Å²) in [6, 6.07) is 8.20. The van der Waals surface area contributed by atoms with E-state index in [4.69, 9.17) is 16.3 Å². The van der Waals surface area contributed by atoms with Gasteiger partial charge < -0.3 is 19.6 Å². The number of carboxylic acid groups (broad SMARTS) is 1. The van der Waals surface area contributed by atoms with Gasteiger partial charge in [0.25, 0.3) is 5.56 Å². The number of rotatable bonds is 6. The van der Waals surface area contributed by atoms with Crippen LogP contribution in [0.1, 0.15) is 35.3 Å². The second-order valence-corrected chi connectivity index (χ2v) is 9.24. The van der Waals surface area contributed by atoms with Crippen molar-refractivity contribution in [3.8, 4) is 5.69 Å². The molecule has 1 atom stereocenters. The summed E-state index contributed by atoms with van der Waals surface area (Å²) in [4.78, 5) is 42.4. The van der Waals surface area contributed by atoms with Crippen molar-refractivity contribution in [3.63, 3.8) is 0 Å². The van der Waals surface area contributed by atoms with E-state index in [1.165, 1.54) is 6.07 Å². The average molecular weight is 551 g/mol. The third-order valence-electron chi connectivity index (χ3n) is 6.81. The number of ether oxygens (including phenoxy) is 1. The summed E-state index contributed by atoms with van der Waals surface area (Å²) < 4.78 is 47.4. The molecule has 2 aliphatic rings. The van der Waals surface area contributed by atoms with Gasteiger partial charge in [0.05, 0.1) is 34.2 Å². The molecule has 1 N–H and O–H groups in total. The van der Waals surface area contributed by atoms with Crippen LogP contribution in [0.5, 0.6) is 0 Å². The molecule has 1 unspecified atom stereocenters. The summed E-state index contributed by atoms with van der Waals surface area (Å²) in [5.41, 5.74) is -2.21. The van der Waals surface area contributed by atoms with E-state index < -0.39 is 51.9 Å². The molecule has 5 rings (SSSR count). The largest absolute Gasteiger partial charge is 0.477 e. The van der Waals surface area contributed by atoms with Gasteiger partial charge in [0, 0.05) is 19.3 Å². The first-order valence-corrected chi connectivity index (χ1v) is 12.1. The van der Waals surface area contributed by atoms with Crippen LogP contribution >= 0.6 is 11.6 Å². The van der Waals surface area contributed by atoms with Crippen LogP contribution in [0.2, 0.25) is 5.02 Å². The monoisotopic (exact) mass is 550 g/mol. The number of anilines is 2. The second-order valence-electron chi connectivity index (χ2n) is 8.86. The Balaban J connectivity index is 1.66. The van der Waals surface area contributed by atoms with E-state index in [0.717, 1.165) is 34.3 Å². The van der Waals surface area contributed by atoms with E-state index >= 15 is 0 Å². The highest BCUT2D eigenvalue weighted by Gasteiger charge is 2.60. The van der Waals surface area contributed by atoms with Gasteiger partial charge in [-0.1, -0.05) is 23.7 Å². The Kier molecular flexibility index (Phi) is 6.07. The number of halogens is 4. The maximum Gasteiger partial charge on any atom is 0.417 e. The lowest BCUT2D eigenvalue weighted by Gasteiger charge is -2.28. The molecule has 2 aromatic carbocycles. The van der Waals surface area contributed by atoms with Crippen LogP contribution < -0.4 is 21.0 Å². The lowest BCUT2D eigenvalue weighted by atomic mass is 10.1. The quantitative estimate of drug-likeness (QED) is 0.466. The van der Waals surface area contributed by atoms with Crippen LogP contribution in [0.4, 0.5) is 24.5 Å². The van der Waals surface area contributed by atoms with Gasteiger partial charge in [0.15, 0.2) is 0 Å². The van der Waals surface area contributed by atoms with Gasteiger partial charge in [-0.2, -0.15) is 13.2 Å². The number of epoxide rings is 1. The molecule has 0 aliphatic carbocycles. The fourth-order valence-electron chi connectivity index (χ4n) is 5.00. The number of nitrogens with zero attached hydrogens (tertiary/aromatic N) is 4. The number of alkyl halides is 3. The van der Waals surface area contributed by atoms with Gasteiger partial charge in [-0.25, -0.2) is 9.59 Å². The summed E-state index contributed by atoms with van der Waals surface area (Å²) in [6.45, 7) is 5.02. The lowest BCUT2D eigenvalue weighted by molar-refractivity contribution is -0.137. The first-order valence-electron chi connectivity index (χ1n) is 11.7. The SMILES string of the molecule is CCN1c2ccc(-n3cc(C(=O)O)c(=O)n(Cc4cccc(C(F)(F)F)c4Cl)c3=O)cc2N(CC)C12CO2. The Hall–Kier alpha value is -3.77. The normalized spacial score (nSPS) is 18.3. The molecule has 2 aliphatic heterocycles. The Morgan fingerprint density at radius 1 is 1.11 bits per heavy atom. The number of hydrogen-bond acceptors (Lipinski definition) is 6. The fourth-order valence-corrected chi connectivity index (χ4v) is 5.30. The molecular weight excluding hydrogens is 529 g/mol. The van der Waals surface area contributed by atoms with Gasteiger partial charge in [-0.3, -0.25) is 13.9 Å². The Labute approximate surface area is 218 Å². The first-order chi connectivity index (χ1) is 17.9. The van der Waals surface area contributed by atoms with Gasteiger partial charge in [-0.15, -0.1) is 0 Å². The van der Waals surface area contributed by atoms with Crippen molar-refractivity contribution in [2.45, 2.75) is 32.4 Å². The van der Waals surface area contributed by atoms with Gasteiger partial charge >= 0.3 is 17.8 Å². The predicted molar refractivity (Wildman–Crippen MR) is 134 cm³/mol. The van der Waals surface area contributed by atoms with Gasteiger partial charge in [0.1, 0.15) is 12.2 Å². The van der Waals surface area contributed by atoms with Gasteiger partial charge in [-0.05, 0) is 43.7 Å². The summed E-state index contributed by atoms with van der Waals surface area (Å²) in [6.07, 6.45) is -3.84. The third kappa shape index (κ3) is 3.86. The predicted octanol–water partition coefficient (Wildman–Crippen LogP) is 3.77. The van der Waals surface area contributed by atoms with Crippen molar-refractivity contribution < 1.29 is 27.8 Å². The molecule has 0 bridgehead atoms. The summed E-state index contributed by atoms with van der Waals surface area (Å²) in [5.74, 6) is -2.20. The Morgan fingerprint density at radius 2 is 1.76 bits per heavy atom. The molecule has 200 valence electrons. The zero-order valence-electron chi connectivity index (χ0n) is 20.3. The summed E-state index contributed by atoms with van der Waals surface area (Å²) >= 11 is 5.98. The minimum Gasteiger partial charge on any atom is -0.477 e. The zero-order chi connectivity index (χ0) is 27.6. The van der Waals surface area contributed by atoms with Crippen LogP contribution in [-0.2, 0) is 17.5 Å². The number of aromatic carboxylic acids is 1. The molecule has 3 aromatic rings. The van der Waals surface area contributed by atoms with Crippen LogP contribution in [-0.4, -0.2) is 45.8 Å². The number of fused-ring (bicyclic) bond motifs is 1. The average Bonchev–Trinajstić information content (AvgIpc) is 3.59. The number of likely N-dealkylation sites (N-methyl/N-ethyl adjacent to an activating group) is 2. The topological polar surface area (TPSA) is 100 Å². The van der Waals surface area contributed by atoms with Crippen LogP contribution in [0, 0.1) is 0 Å². The molecule has 0 radical (unpaired) electrons. The minimum absolute atomic E-state index is 0.160. The summed E-state index contributed by atoms with van der Waals surface area (Å²) in [7, 11) is 0. The molecule has 3 heterocycles. The van der Waals surface area contributed by atoms with E-state index in [2.05, 4.69) is 4.90 Å². The van der Waals surface area contributed by atoms with Crippen LogP contribution in [0.25, 0.3) is 5.69 Å². The van der Waals surface area contributed by atoms with E-state index in [9.17, 15) is 32.7 Å². The minimum atomic E-state index is -4.76. The maximum absolute atomic E-state index is 13.5. The highest BCUT2D eigenvalue weighted by Crippen LogP contribution is 2.51. The van der Waals surface area contributed by atoms with E-state index in [-0.39, 0.29) is 11.3 Å². The van der Waals surface area contributed by atoms with Crippen molar-refractivity contribution in [3.05, 3.63) is 85.1 Å². The number of benzene rings is 2. The third-order valence-corrected chi connectivity index (χ3v) is 7.26. The van der Waals surface area contributed by atoms with Gasteiger partial charge in [0.2, 0.25) is 5.85 Å².